The molecule has 0 aliphatic carbocycles. The van der Waals surface area contributed by atoms with Gasteiger partial charge in [-0.05, 0) is 42.2 Å². The summed E-state index contributed by atoms with van der Waals surface area (Å²) in [6.07, 6.45) is 3.16. The van der Waals surface area contributed by atoms with Gasteiger partial charge in [0.2, 0.25) is 0 Å². The molecule has 0 atom stereocenters. The highest BCUT2D eigenvalue weighted by atomic mass is 16.5. The van der Waals surface area contributed by atoms with Crippen molar-refractivity contribution in [2.75, 3.05) is 13.7 Å². The van der Waals surface area contributed by atoms with Crippen molar-refractivity contribution in [2.45, 2.75) is 20.3 Å². The van der Waals surface area contributed by atoms with E-state index >= 15 is 0 Å². The number of hydrogen-bond donors (Lipinski definition) is 1. The van der Waals surface area contributed by atoms with E-state index in [2.05, 4.69) is 32.1 Å². The average molecular weight is 219 g/mol. The third-order valence-corrected chi connectivity index (χ3v) is 2.58. The Hall–Kier alpha value is -1.28. The van der Waals surface area contributed by atoms with Crippen molar-refractivity contribution in [2.24, 2.45) is 11.7 Å². The second-order valence-corrected chi connectivity index (χ2v) is 4.12. The van der Waals surface area contributed by atoms with Gasteiger partial charge in [0, 0.05) is 0 Å². The quantitative estimate of drug-likeness (QED) is 0.826. The van der Waals surface area contributed by atoms with Crippen LogP contribution in [0.15, 0.2) is 30.3 Å². The van der Waals surface area contributed by atoms with Crippen LogP contribution in [-0.2, 0) is 0 Å². The Morgan fingerprint density at radius 1 is 1.31 bits per heavy atom. The number of methoxy groups -OCH3 is 1. The predicted molar refractivity (Wildman–Crippen MR) is 69.5 cm³/mol. The molecule has 0 aromatic heterocycles. The van der Waals surface area contributed by atoms with Crippen LogP contribution < -0.4 is 10.5 Å². The zero-order valence-corrected chi connectivity index (χ0v) is 10.4. The van der Waals surface area contributed by atoms with Gasteiger partial charge in [0.1, 0.15) is 5.75 Å². The van der Waals surface area contributed by atoms with Crippen LogP contribution in [0.2, 0.25) is 0 Å². The Labute approximate surface area is 98.1 Å². The van der Waals surface area contributed by atoms with Crippen LogP contribution in [0.1, 0.15) is 25.8 Å². The lowest BCUT2D eigenvalue weighted by molar-refractivity contribution is 0.415. The highest BCUT2D eigenvalue weighted by molar-refractivity contribution is 5.67. The van der Waals surface area contributed by atoms with Gasteiger partial charge in [0.05, 0.1) is 7.11 Å². The molecule has 0 fully saturated rings. The number of benzene rings is 1. The van der Waals surface area contributed by atoms with Crippen molar-refractivity contribution in [3.05, 3.63) is 35.9 Å². The Morgan fingerprint density at radius 2 is 1.94 bits per heavy atom. The summed E-state index contributed by atoms with van der Waals surface area (Å²) in [5, 5.41) is 0. The van der Waals surface area contributed by atoms with E-state index in [1.165, 1.54) is 11.1 Å². The first kappa shape index (κ1) is 12.8. The fourth-order valence-corrected chi connectivity index (χ4v) is 1.71. The monoisotopic (exact) mass is 219 g/mol. The lowest BCUT2D eigenvalue weighted by atomic mass is 9.94. The molecular formula is C14H21NO. The molecule has 0 aliphatic rings. The molecule has 2 nitrogen and oxygen atoms in total. The summed E-state index contributed by atoms with van der Waals surface area (Å²) in [6, 6.07) is 8.18. The second-order valence-electron chi connectivity index (χ2n) is 4.12. The first-order chi connectivity index (χ1) is 7.69. The van der Waals surface area contributed by atoms with Crippen molar-refractivity contribution < 1.29 is 4.74 Å². The molecule has 0 spiro atoms. The first-order valence-electron chi connectivity index (χ1n) is 5.73. The molecular weight excluding hydrogens is 198 g/mol. The molecule has 0 heterocycles. The molecule has 2 heteroatoms. The molecule has 0 saturated carbocycles. The Morgan fingerprint density at radius 3 is 2.38 bits per heavy atom. The minimum atomic E-state index is 0.514. The maximum Gasteiger partial charge on any atom is 0.118 e. The Kier molecular flexibility index (Phi) is 5.06. The van der Waals surface area contributed by atoms with Gasteiger partial charge in [-0.3, -0.25) is 0 Å². The van der Waals surface area contributed by atoms with E-state index in [9.17, 15) is 0 Å². The van der Waals surface area contributed by atoms with Crippen molar-refractivity contribution in [3.63, 3.8) is 0 Å². The molecule has 0 aliphatic heterocycles. The van der Waals surface area contributed by atoms with Gasteiger partial charge in [-0.2, -0.15) is 0 Å². The van der Waals surface area contributed by atoms with Crippen LogP contribution in [0.3, 0.4) is 0 Å². The molecule has 0 unspecified atom stereocenters. The zero-order chi connectivity index (χ0) is 12.0. The largest absolute Gasteiger partial charge is 0.497 e. The molecule has 16 heavy (non-hydrogen) atoms. The van der Waals surface area contributed by atoms with Gasteiger partial charge < -0.3 is 10.5 Å². The minimum absolute atomic E-state index is 0.514. The fourth-order valence-electron chi connectivity index (χ4n) is 1.71. The second kappa shape index (κ2) is 6.33. The summed E-state index contributed by atoms with van der Waals surface area (Å²) in [5.41, 5.74) is 8.14. The van der Waals surface area contributed by atoms with Gasteiger partial charge in [0.15, 0.2) is 0 Å². The molecule has 1 aromatic carbocycles. The van der Waals surface area contributed by atoms with Crippen molar-refractivity contribution in [3.8, 4) is 5.75 Å². The standard InChI is InChI=1S/C14H21NO/c1-11(2)14(5-4-10-15)12-6-8-13(16-3)9-7-12/h5-9,11H,4,10,15H2,1-3H3/b14-5+. The van der Waals surface area contributed by atoms with Gasteiger partial charge in [-0.15, -0.1) is 0 Å². The van der Waals surface area contributed by atoms with E-state index in [-0.39, 0.29) is 0 Å². The summed E-state index contributed by atoms with van der Waals surface area (Å²) >= 11 is 0. The van der Waals surface area contributed by atoms with E-state index in [0.29, 0.717) is 12.5 Å². The fraction of sp³-hybridized carbons (Fsp3) is 0.429. The van der Waals surface area contributed by atoms with Crippen LogP contribution in [0, 0.1) is 5.92 Å². The van der Waals surface area contributed by atoms with E-state index in [0.717, 1.165) is 12.2 Å². The van der Waals surface area contributed by atoms with Crippen molar-refractivity contribution in [1.82, 2.24) is 0 Å². The zero-order valence-electron chi connectivity index (χ0n) is 10.4. The summed E-state index contributed by atoms with van der Waals surface area (Å²) in [6.45, 7) is 5.10. The van der Waals surface area contributed by atoms with Gasteiger partial charge in [0.25, 0.3) is 0 Å². The van der Waals surface area contributed by atoms with Crippen molar-refractivity contribution >= 4 is 5.57 Å². The molecule has 0 amide bonds. The molecule has 2 N–H and O–H groups in total. The summed E-state index contributed by atoms with van der Waals surface area (Å²) in [4.78, 5) is 0. The van der Waals surface area contributed by atoms with Gasteiger partial charge in [-0.1, -0.05) is 32.1 Å². The number of allylic oxidation sites excluding steroid dienone is 1. The van der Waals surface area contributed by atoms with Gasteiger partial charge in [-0.25, -0.2) is 0 Å². The highest BCUT2D eigenvalue weighted by Gasteiger charge is 2.05. The minimum Gasteiger partial charge on any atom is -0.497 e. The Bertz CT molecular complexity index is 338. The van der Waals surface area contributed by atoms with Crippen LogP contribution >= 0.6 is 0 Å². The van der Waals surface area contributed by atoms with E-state index < -0.39 is 0 Å². The highest BCUT2D eigenvalue weighted by Crippen LogP contribution is 2.25. The van der Waals surface area contributed by atoms with Gasteiger partial charge >= 0.3 is 0 Å². The maximum absolute atomic E-state index is 5.54. The van der Waals surface area contributed by atoms with Crippen LogP contribution in [0.25, 0.3) is 5.57 Å². The molecule has 88 valence electrons. The summed E-state index contributed by atoms with van der Waals surface area (Å²) in [7, 11) is 1.68. The molecule has 0 saturated heterocycles. The SMILES string of the molecule is COc1ccc(/C(=C/CCN)C(C)C)cc1. The molecule has 1 aromatic rings. The lowest BCUT2D eigenvalue weighted by Gasteiger charge is -2.12. The normalized spacial score (nSPS) is 11.9. The summed E-state index contributed by atoms with van der Waals surface area (Å²) < 4.78 is 5.15. The Balaban J connectivity index is 2.93. The van der Waals surface area contributed by atoms with E-state index in [1.54, 1.807) is 7.11 Å². The molecule has 1 rings (SSSR count). The number of nitrogens with two attached hydrogens (primary N) is 1. The summed E-state index contributed by atoms with van der Waals surface area (Å²) in [5.74, 6) is 1.41. The maximum atomic E-state index is 5.54. The average Bonchev–Trinajstić information content (AvgIpc) is 2.30. The third kappa shape index (κ3) is 3.38. The topological polar surface area (TPSA) is 35.2 Å². The van der Waals surface area contributed by atoms with Crippen molar-refractivity contribution in [1.29, 1.82) is 0 Å². The van der Waals surface area contributed by atoms with Crippen LogP contribution in [0.4, 0.5) is 0 Å². The van der Waals surface area contributed by atoms with E-state index in [4.69, 9.17) is 10.5 Å². The number of ether oxygens (including phenoxy) is 1. The van der Waals surface area contributed by atoms with Crippen LogP contribution in [-0.4, -0.2) is 13.7 Å². The number of rotatable bonds is 5. The molecule has 0 radical (unpaired) electrons. The smallest absolute Gasteiger partial charge is 0.118 e. The number of hydrogen-bond acceptors (Lipinski definition) is 2. The third-order valence-electron chi connectivity index (χ3n) is 2.58. The molecule has 0 bridgehead atoms. The lowest BCUT2D eigenvalue weighted by Crippen LogP contribution is -1.99. The van der Waals surface area contributed by atoms with E-state index in [1.807, 2.05) is 12.1 Å². The van der Waals surface area contributed by atoms with Crippen LogP contribution in [0.5, 0.6) is 5.75 Å². The first-order valence-corrected chi connectivity index (χ1v) is 5.73. The predicted octanol–water partition coefficient (Wildman–Crippen LogP) is 3.08.